The number of halogens is 2. The first kappa shape index (κ1) is 17.8. The van der Waals surface area contributed by atoms with Crippen molar-refractivity contribution in [3.63, 3.8) is 0 Å². The van der Waals surface area contributed by atoms with Crippen LogP contribution in [0.25, 0.3) is 11.4 Å². The van der Waals surface area contributed by atoms with Gasteiger partial charge in [-0.15, -0.1) is 0 Å². The van der Waals surface area contributed by atoms with Gasteiger partial charge in [0.15, 0.2) is 6.61 Å². The number of hydrogen-bond donors (Lipinski definition) is 0. The fourth-order valence-electron chi connectivity index (χ4n) is 2.26. The molecule has 1 heterocycles. The number of aromatic nitrogens is 2. The lowest BCUT2D eigenvalue weighted by Gasteiger charge is -2.18. The van der Waals surface area contributed by atoms with E-state index in [0.717, 1.165) is 5.56 Å². The maximum atomic E-state index is 5.96. The SMILES string of the molecule is CC(C)(C)c1ccc(-c2noc(COc3ccc(Cl)c(Cl)c3)n2)cc1. The van der Waals surface area contributed by atoms with E-state index >= 15 is 0 Å². The van der Waals surface area contributed by atoms with Crippen molar-refractivity contribution >= 4 is 23.2 Å². The molecule has 0 atom stereocenters. The van der Waals surface area contributed by atoms with Crippen molar-refractivity contribution < 1.29 is 9.26 Å². The molecular weight excluding hydrogens is 359 g/mol. The van der Waals surface area contributed by atoms with Gasteiger partial charge in [0.2, 0.25) is 5.82 Å². The fraction of sp³-hybridized carbons (Fsp3) is 0.263. The number of rotatable bonds is 4. The van der Waals surface area contributed by atoms with Gasteiger partial charge in [-0.2, -0.15) is 4.98 Å². The minimum atomic E-state index is 0.106. The van der Waals surface area contributed by atoms with Crippen molar-refractivity contribution in [2.24, 2.45) is 0 Å². The second kappa shape index (κ2) is 7.06. The lowest BCUT2D eigenvalue weighted by molar-refractivity contribution is 0.243. The van der Waals surface area contributed by atoms with Crippen LogP contribution in [0.5, 0.6) is 5.75 Å². The molecule has 4 nitrogen and oxygen atoms in total. The van der Waals surface area contributed by atoms with Crippen LogP contribution in [-0.4, -0.2) is 10.1 Å². The van der Waals surface area contributed by atoms with Gasteiger partial charge in [0.25, 0.3) is 5.89 Å². The highest BCUT2D eigenvalue weighted by Gasteiger charge is 2.15. The van der Waals surface area contributed by atoms with E-state index in [0.29, 0.717) is 27.5 Å². The summed E-state index contributed by atoms with van der Waals surface area (Å²) in [6, 6.07) is 13.2. The summed E-state index contributed by atoms with van der Waals surface area (Å²) >= 11 is 11.8. The highest BCUT2D eigenvalue weighted by molar-refractivity contribution is 6.42. The molecule has 2 aromatic carbocycles. The van der Waals surface area contributed by atoms with Gasteiger partial charge in [-0.1, -0.05) is 73.4 Å². The van der Waals surface area contributed by atoms with Crippen LogP contribution in [0.3, 0.4) is 0 Å². The monoisotopic (exact) mass is 376 g/mol. The molecule has 0 amide bonds. The molecule has 0 aliphatic rings. The first-order valence-electron chi connectivity index (χ1n) is 7.84. The summed E-state index contributed by atoms with van der Waals surface area (Å²) in [5.41, 5.74) is 2.26. The van der Waals surface area contributed by atoms with E-state index in [1.165, 1.54) is 5.56 Å². The third-order valence-corrected chi connectivity index (χ3v) is 4.47. The second-order valence-electron chi connectivity index (χ2n) is 6.70. The summed E-state index contributed by atoms with van der Waals surface area (Å²) in [5, 5.41) is 4.92. The molecule has 0 fully saturated rings. The Bertz CT molecular complexity index is 868. The van der Waals surface area contributed by atoms with E-state index in [1.807, 2.05) is 12.1 Å². The first-order chi connectivity index (χ1) is 11.8. The molecule has 0 saturated heterocycles. The summed E-state index contributed by atoms with van der Waals surface area (Å²) in [7, 11) is 0. The third kappa shape index (κ3) is 4.33. The van der Waals surface area contributed by atoms with Crippen LogP contribution in [-0.2, 0) is 12.0 Å². The molecule has 0 radical (unpaired) electrons. The van der Waals surface area contributed by atoms with Crippen LogP contribution >= 0.6 is 23.2 Å². The Kier molecular flexibility index (Phi) is 5.02. The molecule has 0 N–H and O–H groups in total. The molecule has 3 rings (SSSR count). The Morgan fingerprint density at radius 3 is 2.36 bits per heavy atom. The van der Waals surface area contributed by atoms with Gasteiger partial charge in [-0.25, -0.2) is 0 Å². The molecular formula is C19H18Cl2N2O2. The van der Waals surface area contributed by atoms with E-state index in [2.05, 4.69) is 43.0 Å². The minimum absolute atomic E-state index is 0.106. The number of benzene rings is 2. The van der Waals surface area contributed by atoms with Crippen molar-refractivity contribution in [3.05, 3.63) is 64.0 Å². The third-order valence-electron chi connectivity index (χ3n) is 3.73. The molecule has 130 valence electrons. The molecule has 0 aliphatic heterocycles. The smallest absolute Gasteiger partial charge is 0.264 e. The van der Waals surface area contributed by atoms with Gasteiger partial charge in [-0.05, 0) is 23.1 Å². The first-order valence-corrected chi connectivity index (χ1v) is 8.60. The molecule has 0 unspecified atom stereocenters. The summed E-state index contributed by atoms with van der Waals surface area (Å²) in [4.78, 5) is 4.37. The predicted octanol–water partition coefficient (Wildman–Crippen LogP) is 5.92. The molecule has 0 aliphatic carbocycles. The molecule has 0 bridgehead atoms. The largest absolute Gasteiger partial charge is 0.484 e. The molecule has 0 spiro atoms. The summed E-state index contributed by atoms with van der Waals surface area (Å²) < 4.78 is 10.8. The summed E-state index contributed by atoms with van der Waals surface area (Å²) in [6.07, 6.45) is 0. The van der Waals surface area contributed by atoms with Crippen LogP contribution in [0.2, 0.25) is 10.0 Å². The highest BCUT2D eigenvalue weighted by atomic mass is 35.5. The van der Waals surface area contributed by atoms with Gasteiger partial charge in [-0.3, -0.25) is 0 Å². The Hall–Kier alpha value is -2.04. The number of nitrogens with zero attached hydrogens (tertiary/aromatic N) is 2. The van der Waals surface area contributed by atoms with Gasteiger partial charge in [0, 0.05) is 11.6 Å². The fourth-order valence-corrected chi connectivity index (χ4v) is 2.55. The zero-order valence-corrected chi connectivity index (χ0v) is 15.7. The van der Waals surface area contributed by atoms with Crippen LogP contribution in [0.1, 0.15) is 32.2 Å². The standard InChI is InChI=1S/C19H18Cl2N2O2/c1-19(2,3)13-6-4-12(5-7-13)18-22-17(25-23-18)11-24-14-8-9-15(20)16(21)10-14/h4-10H,11H2,1-3H3. The highest BCUT2D eigenvalue weighted by Crippen LogP contribution is 2.27. The second-order valence-corrected chi connectivity index (χ2v) is 7.52. The van der Waals surface area contributed by atoms with E-state index in [9.17, 15) is 0 Å². The Morgan fingerprint density at radius 2 is 1.72 bits per heavy atom. The quantitative estimate of drug-likeness (QED) is 0.566. The van der Waals surface area contributed by atoms with E-state index in [4.69, 9.17) is 32.5 Å². The Balaban J connectivity index is 1.68. The summed E-state index contributed by atoms with van der Waals surface area (Å²) in [6.45, 7) is 6.68. The lowest BCUT2D eigenvalue weighted by atomic mass is 9.87. The Morgan fingerprint density at radius 1 is 1.00 bits per heavy atom. The number of ether oxygens (including phenoxy) is 1. The topological polar surface area (TPSA) is 48.2 Å². The van der Waals surface area contributed by atoms with Crippen molar-refractivity contribution in [2.75, 3.05) is 0 Å². The molecule has 6 heteroatoms. The van der Waals surface area contributed by atoms with E-state index in [-0.39, 0.29) is 12.0 Å². The van der Waals surface area contributed by atoms with Crippen LogP contribution < -0.4 is 4.74 Å². The molecule has 0 saturated carbocycles. The van der Waals surface area contributed by atoms with Crippen molar-refractivity contribution in [1.29, 1.82) is 0 Å². The lowest BCUT2D eigenvalue weighted by Crippen LogP contribution is -2.10. The minimum Gasteiger partial charge on any atom is -0.484 e. The van der Waals surface area contributed by atoms with Crippen LogP contribution in [0.15, 0.2) is 47.0 Å². The van der Waals surface area contributed by atoms with E-state index in [1.54, 1.807) is 18.2 Å². The molecule has 3 aromatic rings. The Labute approximate surface area is 156 Å². The van der Waals surface area contributed by atoms with Gasteiger partial charge in [0.05, 0.1) is 10.0 Å². The van der Waals surface area contributed by atoms with Crippen LogP contribution in [0.4, 0.5) is 0 Å². The molecule has 25 heavy (non-hydrogen) atoms. The zero-order chi connectivity index (χ0) is 18.0. The predicted molar refractivity (Wildman–Crippen MR) is 99.2 cm³/mol. The van der Waals surface area contributed by atoms with Crippen molar-refractivity contribution in [2.45, 2.75) is 32.8 Å². The zero-order valence-electron chi connectivity index (χ0n) is 14.2. The average molecular weight is 377 g/mol. The van der Waals surface area contributed by atoms with Crippen molar-refractivity contribution in [3.8, 4) is 17.1 Å². The number of hydrogen-bond acceptors (Lipinski definition) is 4. The average Bonchev–Trinajstić information content (AvgIpc) is 3.04. The van der Waals surface area contributed by atoms with Crippen LogP contribution in [0, 0.1) is 0 Å². The summed E-state index contributed by atoms with van der Waals surface area (Å²) in [5.74, 6) is 1.51. The maximum Gasteiger partial charge on any atom is 0.264 e. The van der Waals surface area contributed by atoms with E-state index < -0.39 is 0 Å². The van der Waals surface area contributed by atoms with Gasteiger partial charge in [0.1, 0.15) is 5.75 Å². The maximum absolute atomic E-state index is 5.96. The van der Waals surface area contributed by atoms with Gasteiger partial charge < -0.3 is 9.26 Å². The molecule has 1 aromatic heterocycles. The van der Waals surface area contributed by atoms with Crippen molar-refractivity contribution in [1.82, 2.24) is 10.1 Å². The normalized spacial score (nSPS) is 11.6. The van der Waals surface area contributed by atoms with Gasteiger partial charge >= 0.3 is 0 Å².